The highest BCUT2D eigenvalue weighted by atomic mass is 32.1. The van der Waals surface area contributed by atoms with E-state index in [4.69, 9.17) is 5.73 Å². The van der Waals surface area contributed by atoms with Gasteiger partial charge in [-0.3, -0.25) is 0 Å². The number of thiazole rings is 1. The van der Waals surface area contributed by atoms with Crippen LogP contribution < -0.4 is 11.1 Å². The molecule has 0 amide bonds. The molecule has 0 aliphatic heterocycles. The lowest BCUT2D eigenvalue weighted by Gasteiger charge is -2.29. The van der Waals surface area contributed by atoms with Crippen molar-refractivity contribution in [3.8, 4) is 0 Å². The van der Waals surface area contributed by atoms with Gasteiger partial charge in [0.15, 0.2) is 0 Å². The van der Waals surface area contributed by atoms with Gasteiger partial charge in [-0.25, -0.2) is 4.98 Å². The van der Waals surface area contributed by atoms with E-state index in [0.717, 1.165) is 11.6 Å². The van der Waals surface area contributed by atoms with Gasteiger partial charge in [-0.1, -0.05) is 0 Å². The van der Waals surface area contributed by atoms with E-state index >= 15 is 0 Å². The van der Waals surface area contributed by atoms with Gasteiger partial charge in [0.1, 0.15) is 5.01 Å². The molecule has 14 heavy (non-hydrogen) atoms. The summed E-state index contributed by atoms with van der Waals surface area (Å²) < 4.78 is 0. The zero-order chi connectivity index (χ0) is 10.8. The van der Waals surface area contributed by atoms with Crippen molar-refractivity contribution in [2.45, 2.75) is 38.8 Å². The zero-order valence-electron chi connectivity index (χ0n) is 9.29. The molecule has 0 aliphatic carbocycles. The second kappa shape index (κ2) is 3.96. The first kappa shape index (κ1) is 11.6. The van der Waals surface area contributed by atoms with Gasteiger partial charge in [-0.15, -0.1) is 11.3 Å². The van der Waals surface area contributed by atoms with Crippen molar-refractivity contribution < 1.29 is 0 Å². The Hall–Kier alpha value is -0.450. The van der Waals surface area contributed by atoms with Gasteiger partial charge in [0.05, 0.1) is 5.54 Å². The Balaban J connectivity index is 2.59. The minimum Gasteiger partial charge on any atom is -0.324 e. The van der Waals surface area contributed by atoms with E-state index in [1.807, 2.05) is 25.4 Å². The maximum absolute atomic E-state index is 5.92. The van der Waals surface area contributed by atoms with Gasteiger partial charge in [-0.05, 0) is 27.7 Å². The average molecular weight is 213 g/mol. The van der Waals surface area contributed by atoms with E-state index in [1.54, 1.807) is 11.3 Å². The van der Waals surface area contributed by atoms with Crippen LogP contribution >= 0.6 is 11.3 Å². The zero-order valence-corrected chi connectivity index (χ0v) is 10.1. The minimum absolute atomic E-state index is 0.0925. The van der Waals surface area contributed by atoms with Crippen LogP contribution in [0.25, 0.3) is 0 Å². The Morgan fingerprint density at radius 1 is 1.43 bits per heavy atom. The molecule has 0 radical (unpaired) electrons. The van der Waals surface area contributed by atoms with E-state index in [2.05, 4.69) is 24.1 Å². The van der Waals surface area contributed by atoms with Crippen LogP contribution in [0.1, 0.15) is 32.7 Å². The van der Waals surface area contributed by atoms with Crippen molar-refractivity contribution >= 4 is 11.3 Å². The van der Waals surface area contributed by atoms with Crippen LogP contribution in [-0.2, 0) is 5.54 Å². The molecule has 0 atom stereocenters. The smallest absolute Gasteiger partial charge is 0.112 e. The summed E-state index contributed by atoms with van der Waals surface area (Å²) >= 11 is 1.67. The topological polar surface area (TPSA) is 50.9 Å². The minimum atomic E-state index is -0.186. The summed E-state index contributed by atoms with van der Waals surface area (Å²) in [6.45, 7) is 9.05. The molecule has 3 nitrogen and oxygen atoms in total. The molecule has 0 bridgehead atoms. The fourth-order valence-corrected chi connectivity index (χ4v) is 1.80. The SMILES string of the molecule is CC(C)(N)CNC(C)(C)c1nccs1. The van der Waals surface area contributed by atoms with E-state index in [-0.39, 0.29) is 11.1 Å². The average Bonchev–Trinajstić information content (AvgIpc) is 2.52. The van der Waals surface area contributed by atoms with Crippen molar-refractivity contribution in [2.24, 2.45) is 5.73 Å². The highest BCUT2D eigenvalue weighted by Crippen LogP contribution is 2.22. The van der Waals surface area contributed by atoms with Gasteiger partial charge < -0.3 is 11.1 Å². The monoisotopic (exact) mass is 213 g/mol. The maximum Gasteiger partial charge on any atom is 0.112 e. The van der Waals surface area contributed by atoms with Crippen molar-refractivity contribution in [1.82, 2.24) is 10.3 Å². The molecule has 0 unspecified atom stereocenters. The Kier molecular flexibility index (Phi) is 3.29. The molecule has 3 N–H and O–H groups in total. The van der Waals surface area contributed by atoms with Crippen LogP contribution in [0.5, 0.6) is 0 Å². The molecule has 0 saturated heterocycles. The molecular weight excluding hydrogens is 194 g/mol. The second-order valence-corrected chi connectivity index (χ2v) is 5.70. The Labute approximate surface area is 89.7 Å². The third-order valence-corrected chi connectivity index (χ3v) is 3.05. The molecule has 1 rings (SSSR count). The molecule has 0 fully saturated rings. The fraction of sp³-hybridized carbons (Fsp3) is 0.700. The lowest BCUT2D eigenvalue weighted by Crippen LogP contribution is -2.49. The van der Waals surface area contributed by atoms with Crippen LogP contribution in [0.2, 0.25) is 0 Å². The highest BCUT2D eigenvalue weighted by Gasteiger charge is 2.24. The number of nitrogens with two attached hydrogens (primary N) is 1. The second-order valence-electron chi connectivity index (χ2n) is 4.80. The maximum atomic E-state index is 5.92. The Bertz CT molecular complexity index is 272. The number of rotatable bonds is 4. The first-order valence-corrected chi connectivity index (χ1v) is 5.63. The quantitative estimate of drug-likeness (QED) is 0.800. The lowest BCUT2D eigenvalue weighted by atomic mass is 10.0. The summed E-state index contributed by atoms with van der Waals surface area (Å²) in [4.78, 5) is 4.30. The van der Waals surface area contributed by atoms with E-state index in [9.17, 15) is 0 Å². The number of nitrogens with zero attached hydrogens (tertiary/aromatic N) is 1. The largest absolute Gasteiger partial charge is 0.324 e. The molecule has 0 aromatic carbocycles. The Morgan fingerprint density at radius 2 is 2.07 bits per heavy atom. The van der Waals surface area contributed by atoms with Crippen molar-refractivity contribution in [3.05, 3.63) is 16.6 Å². The number of hydrogen-bond donors (Lipinski definition) is 2. The normalized spacial score (nSPS) is 13.2. The summed E-state index contributed by atoms with van der Waals surface area (Å²) in [5.74, 6) is 0. The van der Waals surface area contributed by atoms with Crippen LogP contribution in [-0.4, -0.2) is 17.1 Å². The predicted octanol–water partition coefficient (Wildman–Crippen LogP) is 1.71. The molecule has 0 saturated carbocycles. The van der Waals surface area contributed by atoms with Gasteiger partial charge in [0.2, 0.25) is 0 Å². The van der Waals surface area contributed by atoms with Gasteiger partial charge in [0.25, 0.3) is 0 Å². The highest BCUT2D eigenvalue weighted by molar-refractivity contribution is 7.09. The van der Waals surface area contributed by atoms with Crippen LogP contribution in [0, 0.1) is 0 Å². The molecule has 1 heterocycles. The third kappa shape index (κ3) is 3.36. The molecule has 1 aromatic heterocycles. The summed E-state index contributed by atoms with van der Waals surface area (Å²) in [5, 5.41) is 6.52. The van der Waals surface area contributed by atoms with Crippen molar-refractivity contribution in [3.63, 3.8) is 0 Å². The summed E-state index contributed by atoms with van der Waals surface area (Å²) in [6.07, 6.45) is 1.83. The van der Waals surface area contributed by atoms with Crippen LogP contribution in [0.15, 0.2) is 11.6 Å². The van der Waals surface area contributed by atoms with Gasteiger partial charge >= 0.3 is 0 Å². The van der Waals surface area contributed by atoms with Gasteiger partial charge in [-0.2, -0.15) is 0 Å². The molecular formula is C10H19N3S. The molecule has 0 aliphatic rings. The van der Waals surface area contributed by atoms with Gasteiger partial charge in [0, 0.05) is 23.7 Å². The molecule has 4 heteroatoms. The molecule has 0 spiro atoms. The van der Waals surface area contributed by atoms with Crippen molar-refractivity contribution in [2.75, 3.05) is 6.54 Å². The molecule has 1 aromatic rings. The van der Waals surface area contributed by atoms with E-state index in [1.165, 1.54) is 0 Å². The van der Waals surface area contributed by atoms with E-state index in [0.29, 0.717) is 0 Å². The van der Waals surface area contributed by atoms with Crippen LogP contribution in [0.3, 0.4) is 0 Å². The first-order chi connectivity index (χ1) is 6.31. The summed E-state index contributed by atoms with van der Waals surface area (Å²) in [6, 6.07) is 0. The first-order valence-electron chi connectivity index (χ1n) is 4.75. The molecule has 80 valence electrons. The number of hydrogen-bond acceptors (Lipinski definition) is 4. The number of nitrogens with one attached hydrogen (secondary N) is 1. The number of aromatic nitrogens is 1. The van der Waals surface area contributed by atoms with Crippen LogP contribution in [0.4, 0.5) is 0 Å². The fourth-order valence-electron chi connectivity index (χ4n) is 1.06. The van der Waals surface area contributed by atoms with E-state index < -0.39 is 0 Å². The van der Waals surface area contributed by atoms with Crippen molar-refractivity contribution in [1.29, 1.82) is 0 Å². The Morgan fingerprint density at radius 3 is 2.50 bits per heavy atom. The lowest BCUT2D eigenvalue weighted by molar-refractivity contribution is 0.347. The summed E-state index contributed by atoms with van der Waals surface area (Å²) in [5.41, 5.74) is 5.64. The summed E-state index contributed by atoms with van der Waals surface area (Å²) in [7, 11) is 0. The standard InChI is InChI=1S/C10H19N3S/c1-9(2,11)7-13-10(3,4)8-12-5-6-14-8/h5-6,13H,7,11H2,1-4H3. The predicted molar refractivity (Wildman–Crippen MR) is 61.4 cm³/mol. The third-order valence-electron chi connectivity index (χ3n) is 1.95.